The number of hydrogen-bond donors (Lipinski definition) is 2. The van der Waals surface area contributed by atoms with Gasteiger partial charge in [-0.25, -0.2) is 0 Å². The van der Waals surface area contributed by atoms with Gasteiger partial charge >= 0.3 is 0 Å². The maximum absolute atomic E-state index is 11.6. The number of nitrogens with zero attached hydrogens (tertiary/aromatic N) is 2. The lowest BCUT2D eigenvalue weighted by atomic mass is 10.1. The van der Waals surface area contributed by atoms with Gasteiger partial charge in [0.25, 0.3) is 0 Å². The van der Waals surface area contributed by atoms with Crippen molar-refractivity contribution in [2.24, 2.45) is 0 Å². The Hall–Kier alpha value is -1.50. The van der Waals surface area contributed by atoms with E-state index in [1.165, 1.54) is 0 Å². The zero-order valence-electron chi connectivity index (χ0n) is 11.8. The summed E-state index contributed by atoms with van der Waals surface area (Å²) in [5.74, 6) is 0.00157. The molecule has 20 heavy (non-hydrogen) atoms. The molecule has 1 aliphatic heterocycles. The van der Waals surface area contributed by atoms with E-state index in [-0.39, 0.29) is 11.9 Å². The number of nitrogens with one attached hydrogen (secondary N) is 2. The van der Waals surface area contributed by atoms with Gasteiger partial charge in [-0.05, 0) is 19.2 Å². The molecule has 1 aromatic rings. The summed E-state index contributed by atoms with van der Waals surface area (Å²) in [4.78, 5) is 18.4. The first-order valence-electron chi connectivity index (χ1n) is 6.95. The molecule has 1 aliphatic rings. The Morgan fingerprint density at radius 2 is 2.25 bits per heavy atom. The lowest BCUT2D eigenvalue weighted by Gasteiger charge is -2.34. The monoisotopic (exact) mass is 278 g/mol. The van der Waals surface area contributed by atoms with E-state index in [1.807, 2.05) is 18.2 Å². The number of morpholine rings is 1. The van der Waals surface area contributed by atoms with E-state index in [9.17, 15) is 4.79 Å². The Morgan fingerprint density at radius 1 is 1.45 bits per heavy atom. The van der Waals surface area contributed by atoms with Crippen LogP contribution in [0.3, 0.4) is 0 Å². The Bertz CT molecular complexity index is 407. The third-order valence-electron chi connectivity index (χ3n) is 3.35. The fraction of sp³-hybridized carbons (Fsp3) is 0.571. The first kappa shape index (κ1) is 14.9. The zero-order valence-corrected chi connectivity index (χ0v) is 11.8. The summed E-state index contributed by atoms with van der Waals surface area (Å²) in [5, 5.41) is 5.80. The molecule has 1 fully saturated rings. The normalized spacial score (nSPS) is 17.6. The van der Waals surface area contributed by atoms with Crippen LogP contribution in [0, 0.1) is 0 Å². The van der Waals surface area contributed by atoms with Crippen LogP contribution in [0.1, 0.15) is 11.7 Å². The second kappa shape index (κ2) is 7.94. The van der Waals surface area contributed by atoms with Crippen LogP contribution in [0.25, 0.3) is 0 Å². The first-order valence-corrected chi connectivity index (χ1v) is 6.95. The third-order valence-corrected chi connectivity index (χ3v) is 3.35. The summed E-state index contributed by atoms with van der Waals surface area (Å²) in [6.07, 6.45) is 1.79. The molecule has 1 atom stereocenters. The van der Waals surface area contributed by atoms with E-state index < -0.39 is 0 Å². The Morgan fingerprint density at radius 3 is 2.90 bits per heavy atom. The molecule has 6 heteroatoms. The molecule has 0 unspecified atom stereocenters. The van der Waals surface area contributed by atoms with E-state index in [0.717, 1.165) is 32.0 Å². The maximum atomic E-state index is 11.6. The van der Waals surface area contributed by atoms with E-state index in [2.05, 4.69) is 20.5 Å². The van der Waals surface area contributed by atoms with Crippen LogP contribution in [0.4, 0.5) is 0 Å². The van der Waals surface area contributed by atoms with Gasteiger partial charge in [0.05, 0.1) is 31.5 Å². The Balaban J connectivity index is 2.02. The zero-order chi connectivity index (χ0) is 14.2. The minimum Gasteiger partial charge on any atom is -0.379 e. The molecule has 0 aromatic carbocycles. The second-order valence-electron chi connectivity index (χ2n) is 4.75. The fourth-order valence-corrected chi connectivity index (χ4v) is 2.32. The van der Waals surface area contributed by atoms with Crippen molar-refractivity contribution < 1.29 is 9.53 Å². The van der Waals surface area contributed by atoms with E-state index in [4.69, 9.17) is 4.74 Å². The summed E-state index contributed by atoms with van der Waals surface area (Å²) in [6, 6.07) is 5.98. The second-order valence-corrected chi connectivity index (χ2v) is 4.75. The number of pyridine rings is 1. The lowest BCUT2D eigenvalue weighted by molar-refractivity contribution is -0.120. The smallest absolute Gasteiger partial charge is 0.234 e. The van der Waals surface area contributed by atoms with Gasteiger partial charge in [-0.3, -0.25) is 14.7 Å². The molecule has 2 N–H and O–H groups in total. The molecule has 2 rings (SSSR count). The molecular weight excluding hydrogens is 256 g/mol. The van der Waals surface area contributed by atoms with Gasteiger partial charge in [0.2, 0.25) is 5.91 Å². The van der Waals surface area contributed by atoms with Crippen molar-refractivity contribution in [1.29, 1.82) is 0 Å². The molecule has 0 spiro atoms. The van der Waals surface area contributed by atoms with E-state index in [1.54, 1.807) is 13.2 Å². The summed E-state index contributed by atoms with van der Waals surface area (Å²) in [6.45, 7) is 4.09. The number of carbonyl (C=O) groups is 1. The Kier molecular flexibility index (Phi) is 5.91. The molecule has 1 amide bonds. The van der Waals surface area contributed by atoms with Gasteiger partial charge in [-0.15, -0.1) is 0 Å². The number of rotatable bonds is 6. The van der Waals surface area contributed by atoms with Crippen LogP contribution in [0.5, 0.6) is 0 Å². The molecule has 0 aliphatic carbocycles. The van der Waals surface area contributed by atoms with Gasteiger partial charge in [0, 0.05) is 25.8 Å². The lowest BCUT2D eigenvalue weighted by Crippen LogP contribution is -2.45. The average Bonchev–Trinajstić information content (AvgIpc) is 2.50. The molecule has 0 bridgehead atoms. The highest BCUT2D eigenvalue weighted by atomic mass is 16.5. The van der Waals surface area contributed by atoms with Crippen LogP contribution in [-0.2, 0) is 9.53 Å². The summed E-state index contributed by atoms with van der Waals surface area (Å²) >= 11 is 0. The quantitative estimate of drug-likeness (QED) is 0.754. The van der Waals surface area contributed by atoms with Crippen molar-refractivity contribution in [1.82, 2.24) is 20.5 Å². The standard InChI is InChI=1S/C14H22N4O2/c1-15-11-14(19)17-10-13(12-4-2-3-5-16-12)18-6-8-20-9-7-18/h2-5,13,15H,6-11H2,1H3,(H,17,19)/t13-/m0/s1. The van der Waals surface area contributed by atoms with Gasteiger partial charge in [0.1, 0.15) is 0 Å². The topological polar surface area (TPSA) is 66.5 Å². The molecule has 0 saturated carbocycles. The maximum Gasteiger partial charge on any atom is 0.234 e. The van der Waals surface area contributed by atoms with Crippen molar-refractivity contribution in [3.05, 3.63) is 30.1 Å². The van der Waals surface area contributed by atoms with E-state index >= 15 is 0 Å². The highest BCUT2D eigenvalue weighted by molar-refractivity contribution is 5.77. The molecule has 1 aromatic heterocycles. The van der Waals surface area contributed by atoms with Crippen LogP contribution in [-0.4, -0.2) is 62.2 Å². The SMILES string of the molecule is CNCC(=O)NC[C@@H](c1ccccn1)N1CCOCC1. The number of aromatic nitrogens is 1. The highest BCUT2D eigenvalue weighted by Gasteiger charge is 2.23. The number of hydrogen-bond acceptors (Lipinski definition) is 5. The summed E-state index contributed by atoms with van der Waals surface area (Å²) in [7, 11) is 1.76. The first-order chi connectivity index (χ1) is 9.81. The fourth-order valence-electron chi connectivity index (χ4n) is 2.32. The number of ether oxygens (including phenoxy) is 1. The van der Waals surface area contributed by atoms with Gasteiger partial charge in [-0.2, -0.15) is 0 Å². The minimum atomic E-state index is 0.00157. The molecule has 6 nitrogen and oxygen atoms in total. The third kappa shape index (κ3) is 4.26. The van der Waals surface area contributed by atoms with Crippen LogP contribution < -0.4 is 10.6 Å². The van der Waals surface area contributed by atoms with Gasteiger partial charge in [-0.1, -0.05) is 6.07 Å². The van der Waals surface area contributed by atoms with Crippen molar-refractivity contribution in [2.45, 2.75) is 6.04 Å². The van der Waals surface area contributed by atoms with Crippen molar-refractivity contribution in [3.63, 3.8) is 0 Å². The van der Waals surface area contributed by atoms with Crippen LogP contribution >= 0.6 is 0 Å². The van der Waals surface area contributed by atoms with E-state index in [0.29, 0.717) is 13.1 Å². The van der Waals surface area contributed by atoms with Gasteiger partial charge in [0.15, 0.2) is 0 Å². The minimum absolute atomic E-state index is 0.00157. The molecule has 1 saturated heterocycles. The van der Waals surface area contributed by atoms with Crippen LogP contribution in [0.2, 0.25) is 0 Å². The average molecular weight is 278 g/mol. The summed E-state index contributed by atoms with van der Waals surface area (Å²) < 4.78 is 5.39. The van der Waals surface area contributed by atoms with Gasteiger partial charge < -0.3 is 15.4 Å². The van der Waals surface area contributed by atoms with Crippen molar-refractivity contribution >= 4 is 5.91 Å². The number of likely N-dealkylation sites (N-methyl/N-ethyl adjacent to an activating group) is 1. The Labute approximate surface area is 119 Å². The predicted octanol–water partition coefficient (Wildman–Crippen LogP) is -0.210. The van der Waals surface area contributed by atoms with Crippen molar-refractivity contribution in [3.8, 4) is 0 Å². The van der Waals surface area contributed by atoms with Crippen molar-refractivity contribution in [2.75, 3.05) is 46.4 Å². The molecule has 2 heterocycles. The molecule has 110 valence electrons. The highest BCUT2D eigenvalue weighted by Crippen LogP contribution is 2.18. The number of carbonyl (C=O) groups excluding carboxylic acids is 1. The predicted molar refractivity (Wildman–Crippen MR) is 76.3 cm³/mol. The summed E-state index contributed by atoms with van der Waals surface area (Å²) in [5.41, 5.74) is 0.985. The number of amides is 1. The molecule has 0 radical (unpaired) electrons. The van der Waals surface area contributed by atoms with Crippen LogP contribution in [0.15, 0.2) is 24.4 Å². The largest absolute Gasteiger partial charge is 0.379 e. The molecular formula is C14H22N4O2.